The summed E-state index contributed by atoms with van der Waals surface area (Å²) >= 11 is 0. The van der Waals surface area contributed by atoms with E-state index in [0.717, 1.165) is 11.0 Å². The van der Waals surface area contributed by atoms with Crippen molar-refractivity contribution in [3.63, 3.8) is 0 Å². The topological polar surface area (TPSA) is 20.2 Å². The summed E-state index contributed by atoms with van der Waals surface area (Å²) in [5.74, 6) is 0.502. The number of rotatable bonds is 10. The Morgan fingerprint density at radius 2 is 1.35 bits per heavy atom. The second-order valence-corrected chi connectivity index (χ2v) is 7.74. The molecule has 0 saturated carbocycles. The summed E-state index contributed by atoms with van der Waals surface area (Å²) in [4.78, 5) is 0. The number of allylic oxidation sites excluding steroid dienone is 1. The van der Waals surface area contributed by atoms with E-state index < -0.39 is 0 Å². The molecule has 0 aliphatic carbocycles. The molecular formula is C18H38NO+. The largest absolute Gasteiger partial charge is 0.506 e. The van der Waals surface area contributed by atoms with Crippen LogP contribution in [0.3, 0.4) is 0 Å². The number of aliphatic hydroxyl groups excluding tert-OH is 1. The Labute approximate surface area is 127 Å². The maximum Gasteiger partial charge on any atom is 0.151 e. The van der Waals surface area contributed by atoms with E-state index in [1.807, 2.05) is 6.20 Å². The summed E-state index contributed by atoms with van der Waals surface area (Å²) in [5.41, 5.74) is -0.144. The Morgan fingerprint density at radius 1 is 0.900 bits per heavy atom. The molecule has 0 radical (unpaired) electrons. The molecule has 0 fully saturated rings. The van der Waals surface area contributed by atoms with Gasteiger partial charge in [-0.25, -0.2) is 0 Å². The van der Waals surface area contributed by atoms with Gasteiger partial charge < -0.3 is 5.11 Å². The molecule has 1 N–H and O–H groups in total. The highest BCUT2D eigenvalue weighted by atomic mass is 16.3. The van der Waals surface area contributed by atoms with Crippen LogP contribution in [0.25, 0.3) is 0 Å². The smallest absolute Gasteiger partial charge is 0.151 e. The third kappa shape index (κ3) is 10.3. The van der Waals surface area contributed by atoms with Crippen LogP contribution in [0.15, 0.2) is 12.0 Å². The van der Waals surface area contributed by atoms with E-state index in [-0.39, 0.29) is 5.41 Å². The maximum atomic E-state index is 10.1. The van der Waals surface area contributed by atoms with E-state index in [0.29, 0.717) is 5.76 Å². The van der Waals surface area contributed by atoms with Crippen molar-refractivity contribution in [3.8, 4) is 0 Å². The normalized spacial score (nSPS) is 13.8. The second-order valence-electron chi connectivity index (χ2n) is 7.74. The Balaban J connectivity index is 3.83. The van der Waals surface area contributed by atoms with Crippen LogP contribution in [0.2, 0.25) is 0 Å². The summed E-state index contributed by atoms with van der Waals surface area (Å²) in [7, 11) is 4.34. The van der Waals surface area contributed by atoms with Gasteiger partial charge in [0.25, 0.3) is 0 Å². The van der Waals surface area contributed by atoms with Gasteiger partial charge in [-0.15, -0.1) is 0 Å². The third-order valence-electron chi connectivity index (χ3n) is 3.83. The number of unbranched alkanes of at least 4 members (excludes halogenated alkanes) is 7. The molecule has 0 rings (SSSR count). The lowest BCUT2D eigenvalue weighted by molar-refractivity contribution is -0.840. The van der Waals surface area contributed by atoms with Gasteiger partial charge in [0, 0.05) is 5.41 Å². The number of nitrogens with zero attached hydrogens (tertiary/aromatic N) is 1. The van der Waals surface area contributed by atoms with Gasteiger partial charge in [0.15, 0.2) is 5.76 Å². The molecule has 0 unspecified atom stereocenters. The number of quaternary nitrogens is 1. The lowest BCUT2D eigenvalue weighted by Crippen LogP contribution is -2.35. The molecule has 0 aromatic heterocycles. The zero-order valence-corrected chi connectivity index (χ0v) is 14.8. The average Bonchev–Trinajstić information content (AvgIpc) is 2.30. The van der Waals surface area contributed by atoms with Gasteiger partial charge in [0.05, 0.1) is 20.6 Å². The van der Waals surface area contributed by atoms with Gasteiger partial charge in [-0.05, 0) is 12.8 Å². The molecule has 0 aliphatic heterocycles. The van der Waals surface area contributed by atoms with Gasteiger partial charge >= 0.3 is 0 Å². The first-order valence-corrected chi connectivity index (χ1v) is 8.44. The van der Waals surface area contributed by atoms with Gasteiger partial charge in [0.2, 0.25) is 0 Å². The average molecular weight is 285 g/mol. The monoisotopic (exact) mass is 284 g/mol. The van der Waals surface area contributed by atoms with Gasteiger partial charge in [-0.2, -0.15) is 0 Å². The molecule has 0 bridgehead atoms. The first-order valence-electron chi connectivity index (χ1n) is 8.44. The van der Waals surface area contributed by atoms with Crippen LogP contribution in [0.4, 0.5) is 0 Å². The molecule has 0 heterocycles. The van der Waals surface area contributed by atoms with E-state index >= 15 is 0 Å². The predicted octanol–water partition coefficient (Wildman–Crippen LogP) is 5.65. The second kappa shape index (κ2) is 9.44. The van der Waals surface area contributed by atoms with Crippen molar-refractivity contribution in [1.29, 1.82) is 0 Å². The van der Waals surface area contributed by atoms with Gasteiger partial charge in [-0.3, -0.25) is 4.48 Å². The molecule has 0 spiro atoms. The minimum absolute atomic E-state index is 0.144. The van der Waals surface area contributed by atoms with E-state index in [4.69, 9.17) is 0 Å². The Bertz CT molecular complexity index is 274. The molecule has 120 valence electrons. The van der Waals surface area contributed by atoms with Crippen LogP contribution in [-0.4, -0.2) is 30.2 Å². The minimum atomic E-state index is -0.144. The van der Waals surface area contributed by atoms with Crippen molar-refractivity contribution in [1.82, 2.24) is 0 Å². The van der Waals surface area contributed by atoms with Crippen LogP contribution in [0.1, 0.15) is 79.1 Å². The number of hydrogen-bond donors (Lipinski definition) is 1. The van der Waals surface area contributed by atoms with E-state index in [1.165, 1.54) is 51.4 Å². The summed E-state index contributed by atoms with van der Waals surface area (Å²) in [6, 6.07) is 0. The van der Waals surface area contributed by atoms with Gasteiger partial charge in [-0.1, -0.05) is 66.2 Å². The zero-order valence-electron chi connectivity index (χ0n) is 14.8. The van der Waals surface area contributed by atoms with E-state index in [1.54, 1.807) is 0 Å². The first kappa shape index (κ1) is 19.5. The standard InChI is InChI=1S/C18H37NO/c1-7-8-9-10-11-12-13-14-15-19(5,6)16-17(20)18(2,3)4/h16H,7-15H2,1-6H3/p+1/b17-16-. The minimum Gasteiger partial charge on any atom is -0.506 e. The van der Waals surface area contributed by atoms with Crippen molar-refractivity contribution in [3.05, 3.63) is 12.0 Å². The summed E-state index contributed by atoms with van der Waals surface area (Å²) < 4.78 is 0.777. The summed E-state index contributed by atoms with van der Waals surface area (Å²) in [5, 5.41) is 10.1. The molecule has 2 nitrogen and oxygen atoms in total. The molecule has 0 atom stereocenters. The third-order valence-corrected chi connectivity index (χ3v) is 3.83. The van der Waals surface area contributed by atoms with E-state index in [2.05, 4.69) is 41.8 Å². The fourth-order valence-corrected chi connectivity index (χ4v) is 2.24. The summed E-state index contributed by atoms with van der Waals surface area (Å²) in [6.45, 7) is 9.52. The molecule has 20 heavy (non-hydrogen) atoms. The zero-order chi connectivity index (χ0) is 15.6. The Hall–Kier alpha value is -0.500. The maximum absolute atomic E-state index is 10.1. The fraction of sp³-hybridized carbons (Fsp3) is 0.889. The number of hydrogen-bond acceptors (Lipinski definition) is 1. The number of aliphatic hydroxyl groups is 1. The fourth-order valence-electron chi connectivity index (χ4n) is 2.24. The SMILES string of the molecule is CCCCCCCCCC[N+](C)(C)/C=C(\O)C(C)(C)C. The molecule has 0 aromatic carbocycles. The molecule has 0 aliphatic rings. The van der Waals surface area contributed by atoms with Crippen molar-refractivity contribution in [2.45, 2.75) is 79.1 Å². The van der Waals surface area contributed by atoms with Crippen LogP contribution in [0.5, 0.6) is 0 Å². The van der Waals surface area contributed by atoms with Crippen molar-refractivity contribution in [2.24, 2.45) is 5.41 Å². The van der Waals surface area contributed by atoms with Gasteiger partial charge in [0.1, 0.15) is 6.20 Å². The van der Waals surface area contributed by atoms with Crippen LogP contribution in [-0.2, 0) is 0 Å². The van der Waals surface area contributed by atoms with Crippen molar-refractivity contribution >= 4 is 0 Å². The highest BCUT2D eigenvalue weighted by Crippen LogP contribution is 2.24. The molecule has 0 amide bonds. The lowest BCUT2D eigenvalue weighted by Gasteiger charge is -2.28. The van der Waals surface area contributed by atoms with Crippen molar-refractivity contribution < 1.29 is 9.59 Å². The van der Waals surface area contributed by atoms with Crippen molar-refractivity contribution in [2.75, 3.05) is 20.6 Å². The Morgan fingerprint density at radius 3 is 1.80 bits per heavy atom. The first-order chi connectivity index (χ1) is 9.19. The quantitative estimate of drug-likeness (QED) is 0.312. The summed E-state index contributed by atoms with van der Waals surface area (Å²) in [6.07, 6.45) is 12.8. The predicted molar refractivity (Wildman–Crippen MR) is 89.8 cm³/mol. The lowest BCUT2D eigenvalue weighted by atomic mass is 9.94. The van der Waals surface area contributed by atoms with Crippen LogP contribution >= 0.6 is 0 Å². The van der Waals surface area contributed by atoms with Crippen LogP contribution in [0, 0.1) is 5.41 Å². The van der Waals surface area contributed by atoms with Crippen LogP contribution < -0.4 is 0 Å². The highest BCUT2D eigenvalue weighted by Gasteiger charge is 2.22. The Kier molecular flexibility index (Phi) is 9.20. The molecule has 0 aromatic rings. The molecular weight excluding hydrogens is 246 g/mol. The molecule has 0 saturated heterocycles. The van der Waals surface area contributed by atoms with E-state index in [9.17, 15) is 5.11 Å². The highest BCUT2D eigenvalue weighted by molar-refractivity contribution is 4.96. The molecule has 2 heteroatoms.